The zero-order valence-electron chi connectivity index (χ0n) is 11.8. The van der Waals surface area contributed by atoms with Crippen molar-refractivity contribution < 1.29 is 9.66 Å². The van der Waals surface area contributed by atoms with Crippen molar-refractivity contribution in [2.45, 2.75) is 37.5 Å². The van der Waals surface area contributed by atoms with Gasteiger partial charge in [0.2, 0.25) is 0 Å². The number of ether oxygens (including phenoxy) is 1. The van der Waals surface area contributed by atoms with Crippen LogP contribution in [0.3, 0.4) is 0 Å². The van der Waals surface area contributed by atoms with Crippen LogP contribution in [0.1, 0.15) is 26.2 Å². The van der Waals surface area contributed by atoms with Crippen LogP contribution in [0.25, 0.3) is 0 Å². The molecule has 1 aromatic rings. The number of nitro groups is 1. The molecule has 6 heteroatoms. The maximum atomic E-state index is 10.9. The van der Waals surface area contributed by atoms with Crippen LogP contribution in [0.4, 0.5) is 11.4 Å². The van der Waals surface area contributed by atoms with Crippen molar-refractivity contribution in [2.24, 2.45) is 0 Å². The van der Waals surface area contributed by atoms with Gasteiger partial charge in [0, 0.05) is 29.1 Å². The highest BCUT2D eigenvalue weighted by Crippen LogP contribution is 2.33. The van der Waals surface area contributed by atoms with Gasteiger partial charge in [-0.1, -0.05) is 0 Å². The van der Waals surface area contributed by atoms with E-state index in [9.17, 15) is 10.1 Å². The summed E-state index contributed by atoms with van der Waals surface area (Å²) < 4.78 is 5.36. The molecular weight excluding hydrogens is 276 g/mol. The molecule has 1 aromatic carbocycles. The third kappa shape index (κ3) is 3.56. The zero-order chi connectivity index (χ0) is 14.5. The normalized spacial score (nSPS) is 21.7. The summed E-state index contributed by atoms with van der Waals surface area (Å²) in [5, 5.41) is 15.1. The van der Waals surface area contributed by atoms with Gasteiger partial charge in [0.1, 0.15) is 0 Å². The third-order valence-electron chi connectivity index (χ3n) is 3.54. The molecule has 0 saturated heterocycles. The first-order valence-electron chi connectivity index (χ1n) is 6.84. The van der Waals surface area contributed by atoms with Crippen molar-refractivity contribution in [3.63, 3.8) is 0 Å². The Morgan fingerprint density at radius 2 is 2.30 bits per heavy atom. The number of nitro benzene ring substituents is 1. The Morgan fingerprint density at radius 3 is 2.90 bits per heavy atom. The lowest BCUT2D eigenvalue weighted by atomic mass is 10.2. The van der Waals surface area contributed by atoms with Gasteiger partial charge >= 0.3 is 5.69 Å². The topological polar surface area (TPSA) is 64.4 Å². The molecule has 1 N–H and O–H groups in total. The third-order valence-corrected chi connectivity index (χ3v) is 4.64. The predicted octanol–water partition coefficient (Wildman–Crippen LogP) is 3.69. The van der Waals surface area contributed by atoms with Crippen LogP contribution in [-0.4, -0.2) is 29.1 Å². The van der Waals surface area contributed by atoms with Gasteiger partial charge < -0.3 is 10.1 Å². The van der Waals surface area contributed by atoms with E-state index in [1.165, 1.54) is 12.5 Å². The molecule has 1 aliphatic rings. The summed E-state index contributed by atoms with van der Waals surface area (Å²) >= 11 is 1.91. The fraction of sp³-hybridized carbons (Fsp3) is 0.571. The number of nitrogens with one attached hydrogen (secondary N) is 1. The number of benzene rings is 1. The first kappa shape index (κ1) is 15.0. The number of hydrogen-bond acceptors (Lipinski definition) is 5. The largest absolute Gasteiger partial charge is 0.487 e. The van der Waals surface area contributed by atoms with Gasteiger partial charge in [0.25, 0.3) is 0 Å². The summed E-state index contributed by atoms with van der Waals surface area (Å²) in [5.41, 5.74) is 0.914. The second-order valence-corrected chi connectivity index (χ2v) is 6.02. The summed E-state index contributed by atoms with van der Waals surface area (Å²) in [5.74, 6) is 0.335. The maximum Gasteiger partial charge on any atom is 0.311 e. The fourth-order valence-corrected chi connectivity index (χ4v) is 3.34. The molecule has 0 spiro atoms. The van der Waals surface area contributed by atoms with Crippen LogP contribution in [0.2, 0.25) is 0 Å². The molecule has 0 amide bonds. The van der Waals surface area contributed by atoms with E-state index in [-0.39, 0.29) is 5.69 Å². The number of nitrogens with zero attached hydrogens (tertiary/aromatic N) is 1. The standard InChI is InChI=1S/C14H20N2O3S/c1-3-19-14-9-11(5-7-13(14)16(17)18)15-10-4-6-12(8-10)20-2/h5,7,9-10,12,15H,3-4,6,8H2,1-2H3. The quantitative estimate of drug-likeness (QED) is 0.640. The second kappa shape index (κ2) is 6.83. The average Bonchev–Trinajstić information content (AvgIpc) is 2.87. The van der Waals surface area contributed by atoms with Gasteiger partial charge in [-0.3, -0.25) is 10.1 Å². The summed E-state index contributed by atoms with van der Waals surface area (Å²) in [7, 11) is 0. The molecule has 1 fully saturated rings. The van der Waals surface area contributed by atoms with Crippen LogP contribution >= 0.6 is 11.8 Å². The Bertz CT molecular complexity index is 481. The van der Waals surface area contributed by atoms with Gasteiger partial charge in [-0.05, 0) is 38.5 Å². The molecule has 110 valence electrons. The average molecular weight is 296 g/mol. The van der Waals surface area contributed by atoms with Gasteiger partial charge in [-0.15, -0.1) is 0 Å². The first-order valence-corrected chi connectivity index (χ1v) is 8.13. The summed E-state index contributed by atoms with van der Waals surface area (Å²) in [6, 6.07) is 5.44. The minimum absolute atomic E-state index is 0.0193. The Kier molecular flexibility index (Phi) is 5.11. The van der Waals surface area contributed by atoms with Crippen LogP contribution in [-0.2, 0) is 0 Å². The molecule has 0 aromatic heterocycles. The SMILES string of the molecule is CCOc1cc(NC2CCC(SC)C2)ccc1[N+](=O)[O-]. The van der Waals surface area contributed by atoms with Crippen LogP contribution < -0.4 is 10.1 Å². The van der Waals surface area contributed by atoms with E-state index >= 15 is 0 Å². The van der Waals surface area contributed by atoms with Crippen molar-refractivity contribution >= 4 is 23.1 Å². The smallest absolute Gasteiger partial charge is 0.311 e. The first-order chi connectivity index (χ1) is 9.63. The van der Waals surface area contributed by atoms with Gasteiger partial charge in [0.15, 0.2) is 5.75 Å². The Balaban J connectivity index is 2.09. The Labute approximate surface area is 123 Å². The molecule has 0 radical (unpaired) electrons. The highest BCUT2D eigenvalue weighted by molar-refractivity contribution is 7.99. The molecule has 2 unspecified atom stereocenters. The lowest BCUT2D eigenvalue weighted by Gasteiger charge is -2.15. The van der Waals surface area contributed by atoms with Gasteiger partial charge in [-0.25, -0.2) is 0 Å². The predicted molar refractivity (Wildman–Crippen MR) is 82.8 cm³/mol. The number of hydrogen-bond donors (Lipinski definition) is 1. The zero-order valence-corrected chi connectivity index (χ0v) is 12.6. The molecule has 1 aliphatic carbocycles. The van der Waals surface area contributed by atoms with Crippen LogP contribution in [0.15, 0.2) is 18.2 Å². The number of rotatable bonds is 6. The molecule has 0 aliphatic heterocycles. The molecule has 20 heavy (non-hydrogen) atoms. The summed E-state index contributed by atoms with van der Waals surface area (Å²) in [6.07, 6.45) is 5.66. The molecular formula is C14H20N2O3S. The molecule has 0 heterocycles. The summed E-state index contributed by atoms with van der Waals surface area (Å²) in [6.45, 7) is 2.24. The van der Waals surface area contributed by atoms with Crippen molar-refractivity contribution in [1.29, 1.82) is 0 Å². The van der Waals surface area contributed by atoms with Gasteiger partial charge in [0.05, 0.1) is 11.5 Å². The molecule has 0 bridgehead atoms. The van der Waals surface area contributed by atoms with E-state index in [0.717, 1.165) is 23.8 Å². The lowest BCUT2D eigenvalue weighted by Crippen LogP contribution is -2.16. The molecule has 5 nitrogen and oxygen atoms in total. The highest BCUT2D eigenvalue weighted by Gasteiger charge is 2.24. The van der Waals surface area contributed by atoms with E-state index < -0.39 is 4.92 Å². The van der Waals surface area contributed by atoms with E-state index in [2.05, 4.69) is 11.6 Å². The second-order valence-electron chi connectivity index (χ2n) is 4.88. The monoisotopic (exact) mass is 296 g/mol. The summed E-state index contributed by atoms with van der Waals surface area (Å²) in [4.78, 5) is 10.5. The van der Waals surface area contributed by atoms with Crippen molar-refractivity contribution in [1.82, 2.24) is 0 Å². The lowest BCUT2D eigenvalue weighted by molar-refractivity contribution is -0.385. The highest BCUT2D eigenvalue weighted by atomic mass is 32.2. The van der Waals surface area contributed by atoms with E-state index in [4.69, 9.17) is 4.74 Å². The Hall–Kier alpha value is -1.43. The molecule has 2 atom stereocenters. The van der Waals surface area contributed by atoms with Crippen molar-refractivity contribution in [3.05, 3.63) is 28.3 Å². The van der Waals surface area contributed by atoms with Crippen LogP contribution in [0, 0.1) is 10.1 Å². The van der Waals surface area contributed by atoms with Crippen molar-refractivity contribution in [3.8, 4) is 5.75 Å². The van der Waals surface area contributed by atoms with E-state index in [0.29, 0.717) is 18.4 Å². The maximum absolute atomic E-state index is 10.9. The molecule has 2 rings (SSSR count). The minimum atomic E-state index is -0.409. The fourth-order valence-electron chi connectivity index (χ4n) is 2.55. The minimum Gasteiger partial charge on any atom is -0.487 e. The van der Waals surface area contributed by atoms with Crippen LogP contribution in [0.5, 0.6) is 5.75 Å². The molecule has 1 saturated carbocycles. The van der Waals surface area contributed by atoms with E-state index in [1.807, 2.05) is 18.7 Å². The Morgan fingerprint density at radius 1 is 1.50 bits per heavy atom. The number of anilines is 1. The van der Waals surface area contributed by atoms with Crippen molar-refractivity contribution in [2.75, 3.05) is 18.2 Å². The van der Waals surface area contributed by atoms with E-state index in [1.54, 1.807) is 12.1 Å². The van der Waals surface area contributed by atoms with Gasteiger partial charge in [-0.2, -0.15) is 11.8 Å². The number of thioether (sulfide) groups is 1.